The number of para-hydroxylation sites is 1. The zero-order valence-corrected chi connectivity index (χ0v) is 17.0. The van der Waals surface area contributed by atoms with Crippen molar-refractivity contribution in [2.45, 2.75) is 27.2 Å². The third-order valence-electron chi connectivity index (χ3n) is 5.52. The van der Waals surface area contributed by atoms with Gasteiger partial charge in [-0.3, -0.25) is 9.88 Å². The quantitative estimate of drug-likeness (QED) is 0.589. The molecule has 142 valence electrons. The SMILES string of the molecule is Cc1ccncc1-c1cc(NC(=O)N2CCc3ccccc32)c(Cl)c(C)c1C. The van der Waals surface area contributed by atoms with Gasteiger partial charge in [0.25, 0.3) is 0 Å². The standard InChI is InChI=1S/C23H22ClN3O/c1-14-8-10-25-13-19(14)18-12-20(22(24)16(3)15(18)2)26-23(28)27-11-9-17-6-4-5-7-21(17)27/h4-8,10,12-13H,9,11H2,1-3H3,(H,26,28). The Labute approximate surface area is 170 Å². The second-order valence-electron chi connectivity index (χ2n) is 7.19. The van der Waals surface area contributed by atoms with Gasteiger partial charge in [0, 0.05) is 30.2 Å². The van der Waals surface area contributed by atoms with E-state index < -0.39 is 0 Å². The van der Waals surface area contributed by atoms with E-state index in [9.17, 15) is 4.79 Å². The fraction of sp³-hybridized carbons (Fsp3) is 0.217. The molecule has 0 fully saturated rings. The average Bonchev–Trinajstić information content (AvgIpc) is 3.13. The number of anilines is 2. The Morgan fingerprint density at radius 3 is 2.68 bits per heavy atom. The summed E-state index contributed by atoms with van der Waals surface area (Å²) in [5.41, 5.74) is 8.03. The summed E-state index contributed by atoms with van der Waals surface area (Å²) < 4.78 is 0. The summed E-state index contributed by atoms with van der Waals surface area (Å²) >= 11 is 6.60. The number of fused-ring (bicyclic) bond motifs is 1. The van der Waals surface area contributed by atoms with E-state index in [4.69, 9.17) is 11.6 Å². The lowest BCUT2D eigenvalue weighted by Crippen LogP contribution is -2.33. The van der Waals surface area contributed by atoms with Gasteiger partial charge in [-0.25, -0.2) is 4.79 Å². The molecule has 1 aliphatic heterocycles. The number of pyridine rings is 1. The first kappa shape index (κ1) is 18.5. The number of halogens is 1. The maximum atomic E-state index is 13.0. The van der Waals surface area contributed by atoms with E-state index >= 15 is 0 Å². The summed E-state index contributed by atoms with van der Waals surface area (Å²) in [6.45, 7) is 6.75. The van der Waals surface area contributed by atoms with Crippen LogP contribution in [0.1, 0.15) is 22.3 Å². The lowest BCUT2D eigenvalue weighted by Gasteiger charge is -2.21. The van der Waals surface area contributed by atoms with Crippen molar-refractivity contribution in [3.8, 4) is 11.1 Å². The van der Waals surface area contributed by atoms with E-state index in [1.54, 1.807) is 11.1 Å². The van der Waals surface area contributed by atoms with Crippen molar-refractivity contribution in [3.05, 3.63) is 76.1 Å². The van der Waals surface area contributed by atoms with Crippen LogP contribution >= 0.6 is 11.6 Å². The minimum atomic E-state index is -0.163. The molecule has 2 heterocycles. The molecule has 2 aromatic carbocycles. The molecule has 0 aliphatic carbocycles. The molecule has 0 spiro atoms. The molecule has 0 atom stereocenters. The van der Waals surface area contributed by atoms with Crippen LogP contribution in [0.5, 0.6) is 0 Å². The molecule has 3 aromatic rings. The number of amides is 2. The van der Waals surface area contributed by atoms with Crippen molar-refractivity contribution in [3.63, 3.8) is 0 Å². The van der Waals surface area contributed by atoms with Crippen molar-refractivity contribution < 1.29 is 4.79 Å². The summed E-state index contributed by atoms with van der Waals surface area (Å²) in [5, 5.41) is 3.60. The molecule has 0 saturated heterocycles. The molecule has 5 heteroatoms. The van der Waals surface area contributed by atoms with Gasteiger partial charge in [-0.05, 0) is 73.2 Å². The second-order valence-corrected chi connectivity index (χ2v) is 7.56. The molecule has 0 saturated carbocycles. The monoisotopic (exact) mass is 391 g/mol. The van der Waals surface area contributed by atoms with Crippen LogP contribution in [0.4, 0.5) is 16.2 Å². The van der Waals surface area contributed by atoms with Gasteiger partial charge in [0.1, 0.15) is 0 Å². The topological polar surface area (TPSA) is 45.2 Å². The van der Waals surface area contributed by atoms with Gasteiger partial charge < -0.3 is 5.32 Å². The second kappa shape index (κ2) is 7.28. The number of rotatable bonds is 2. The number of hydrogen-bond acceptors (Lipinski definition) is 2. The van der Waals surface area contributed by atoms with Gasteiger partial charge in [-0.2, -0.15) is 0 Å². The highest BCUT2D eigenvalue weighted by molar-refractivity contribution is 6.35. The van der Waals surface area contributed by atoms with Gasteiger partial charge in [-0.1, -0.05) is 29.8 Å². The van der Waals surface area contributed by atoms with Gasteiger partial charge in [0.15, 0.2) is 0 Å². The summed E-state index contributed by atoms with van der Waals surface area (Å²) in [6.07, 6.45) is 4.50. The molecule has 1 N–H and O–H groups in total. The molecular weight excluding hydrogens is 370 g/mol. The minimum Gasteiger partial charge on any atom is -0.306 e. The van der Waals surface area contributed by atoms with Crippen LogP contribution in [-0.2, 0) is 6.42 Å². The number of urea groups is 1. The smallest absolute Gasteiger partial charge is 0.306 e. The van der Waals surface area contributed by atoms with Crippen LogP contribution in [0.2, 0.25) is 5.02 Å². The number of carbonyl (C=O) groups excluding carboxylic acids is 1. The molecule has 1 aromatic heterocycles. The van der Waals surface area contributed by atoms with Crippen LogP contribution in [-0.4, -0.2) is 17.6 Å². The van der Waals surface area contributed by atoms with Crippen molar-refractivity contribution in [1.82, 2.24) is 4.98 Å². The number of aromatic nitrogens is 1. The molecule has 2 amide bonds. The Hall–Kier alpha value is -2.85. The third-order valence-corrected chi connectivity index (χ3v) is 6.01. The molecule has 4 nitrogen and oxygen atoms in total. The molecular formula is C23H22ClN3O. The molecule has 4 rings (SSSR count). The normalized spacial score (nSPS) is 12.8. The summed E-state index contributed by atoms with van der Waals surface area (Å²) in [4.78, 5) is 19.0. The summed E-state index contributed by atoms with van der Waals surface area (Å²) in [6, 6.07) is 11.8. The maximum Gasteiger partial charge on any atom is 0.326 e. The van der Waals surface area contributed by atoms with Gasteiger partial charge in [0.2, 0.25) is 0 Å². The number of nitrogens with one attached hydrogen (secondary N) is 1. The lowest BCUT2D eigenvalue weighted by molar-refractivity contribution is 0.257. The Morgan fingerprint density at radius 1 is 1.11 bits per heavy atom. The van der Waals surface area contributed by atoms with Crippen LogP contribution in [0, 0.1) is 20.8 Å². The van der Waals surface area contributed by atoms with Gasteiger partial charge in [0.05, 0.1) is 10.7 Å². The highest BCUT2D eigenvalue weighted by Crippen LogP contribution is 2.37. The highest BCUT2D eigenvalue weighted by Gasteiger charge is 2.25. The Bertz CT molecular complexity index is 1080. The van der Waals surface area contributed by atoms with Crippen LogP contribution in [0.25, 0.3) is 11.1 Å². The number of aryl methyl sites for hydroxylation is 1. The van der Waals surface area contributed by atoms with Gasteiger partial charge >= 0.3 is 6.03 Å². The molecule has 28 heavy (non-hydrogen) atoms. The van der Waals surface area contributed by atoms with Crippen LogP contribution in [0.15, 0.2) is 48.8 Å². The minimum absolute atomic E-state index is 0.163. The zero-order chi connectivity index (χ0) is 19.8. The van der Waals surface area contributed by atoms with E-state index in [0.717, 1.165) is 39.9 Å². The predicted molar refractivity (Wildman–Crippen MR) is 115 cm³/mol. The van der Waals surface area contributed by atoms with Crippen molar-refractivity contribution in [1.29, 1.82) is 0 Å². The third kappa shape index (κ3) is 3.14. The van der Waals surface area contributed by atoms with E-state index in [0.29, 0.717) is 17.3 Å². The number of benzene rings is 2. The number of carbonyl (C=O) groups is 1. The fourth-order valence-electron chi connectivity index (χ4n) is 3.73. The Balaban J connectivity index is 1.71. The average molecular weight is 392 g/mol. The molecule has 1 aliphatic rings. The predicted octanol–water partition coefficient (Wildman–Crippen LogP) is 5.92. The van der Waals surface area contributed by atoms with E-state index in [-0.39, 0.29) is 6.03 Å². The Morgan fingerprint density at radius 2 is 1.89 bits per heavy atom. The number of hydrogen-bond donors (Lipinski definition) is 1. The molecule has 0 unspecified atom stereocenters. The first-order valence-corrected chi connectivity index (χ1v) is 9.72. The first-order chi connectivity index (χ1) is 13.5. The fourth-order valence-corrected chi connectivity index (χ4v) is 3.98. The Kier molecular flexibility index (Phi) is 4.82. The zero-order valence-electron chi connectivity index (χ0n) is 16.2. The van der Waals surface area contributed by atoms with E-state index in [2.05, 4.69) is 23.3 Å². The summed E-state index contributed by atoms with van der Waals surface area (Å²) in [5.74, 6) is 0. The van der Waals surface area contributed by atoms with Crippen molar-refractivity contribution in [2.75, 3.05) is 16.8 Å². The van der Waals surface area contributed by atoms with Crippen molar-refractivity contribution in [2.24, 2.45) is 0 Å². The van der Waals surface area contributed by atoms with Crippen LogP contribution in [0.3, 0.4) is 0 Å². The maximum absolute atomic E-state index is 13.0. The van der Waals surface area contributed by atoms with Crippen molar-refractivity contribution >= 4 is 29.0 Å². The van der Waals surface area contributed by atoms with Gasteiger partial charge in [-0.15, -0.1) is 0 Å². The van der Waals surface area contributed by atoms with Crippen LogP contribution < -0.4 is 10.2 Å². The molecule has 0 bridgehead atoms. The largest absolute Gasteiger partial charge is 0.326 e. The number of nitrogens with zero attached hydrogens (tertiary/aromatic N) is 2. The van der Waals surface area contributed by atoms with E-state index in [1.807, 2.05) is 50.4 Å². The molecule has 0 radical (unpaired) electrons. The lowest BCUT2D eigenvalue weighted by atomic mass is 9.94. The highest BCUT2D eigenvalue weighted by atomic mass is 35.5. The summed E-state index contributed by atoms with van der Waals surface area (Å²) in [7, 11) is 0. The first-order valence-electron chi connectivity index (χ1n) is 9.34. The van der Waals surface area contributed by atoms with E-state index in [1.165, 1.54) is 5.56 Å².